The van der Waals surface area contributed by atoms with Crippen molar-refractivity contribution in [3.63, 3.8) is 0 Å². The number of hydrogen-bond acceptors (Lipinski definition) is 3. The molecule has 2 saturated heterocycles. The molecule has 2 bridgehead atoms. The molecule has 3 atom stereocenters. The van der Waals surface area contributed by atoms with Gasteiger partial charge in [0.2, 0.25) is 0 Å². The summed E-state index contributed by atoms with van der Waals surface area (Å²) in [6.07, 6.45) is 5.84. The second-order valence-corrected chi connectivity index (χ2v) is 5.98. The number of carboxylic acids is 1. The molecule has 0 radical (unpaired) electrons. The summed E-state index contributed by atoms with van der Waals surface area (Å²) in [5.41, 5.74) is 0. The van der Waals surface area contributed by atoms with Crippen molar-refractivity contribution < 1.29 is 14.7 Å². The van der Waals surface area contributed by atoms with Crippen LogP contribution in [-0.2, 0) is 18.4 Å². The summed E-state index contributed by atoms with van der Waals surface area (Å²) in [5, 5.41) is 9.25. The zero-order valence-electron chi connectivity index (χ0n) is 12.3. The second-order valence-electron chi connectivity index (χ2n) is 5.98. The third-order valence-electron chi connectivity index (χ3n) is 4.70. The van der Waals surface area contributed by atoms with E-state index < -0.39 is 11.9 Å². The molecule has 114 valence electrons. The summed E-state index contributed by atoms with van der Waals surface area (Å²) in [4.78, 5) is 31.5. The van der Waals surface area contributed by atoms with Crippen molar-refractivity contribution in [2.24, 2.45) is 13.0 Å². The molecular weight excluding hydrogens is 272 g/mol. The quantitative estimate of drug-likeness (QED) is 0.898. The van der Waals surface area contributed by atoms with E-state index >= 15 is 0 Å². The summed E-state index contributed by atoms with van der Waals surface area (Å²) in [6.45, 7) is 0.427. The van der Waals surface area contributed by atoms with Crippen molar-refractivity contribution in [1.29, 1.82) is 0 Å². The van der Waals surface area contributed by atoms with Crippen LogP contribution in [0.3, 0.4) is 0 Å². The maximum atomic E-state index is 12.6. The standard InChI is InChI=1S/C14H20N4O3/c1-16-6-5-15-12(16)8-17(2)14(21)18-9-3-4-11(18)10(7-9)13(19)20/h5-6,9-11H,3-4,7-8H2,1-2H3,(H,19,20). The topological polar surface area (TPSA) is 78.7 Å². The number of fused-ring (bicyclic) bond motifs is 2. The monoisotopic (exact) mass is 292 g/mol. The van der Waals surface area contributed by atoms with Gasteiger partial charge in [-0.3, -0.25) is 4.79 Å². The van der Waals surface area contributed by atoms with Gasteiger partial charge in [-0.1, -0.05) is 0 Å². The summed E-state index contributed by atoms with van der Waals surface area (Å²) < 4.78 is 1.88. The first kappa shape index (κ1) is 13.9. The van der Waals surface area contributed by atoms with Gasteiger partial charge < -0.3 is 19.5 Å². The Morgan fingerprint density at radius 3 is 2.81 bits per heavy atom. The number of imidazole rings is 1. The number of carbonyl (C=O) groups excluding carboxylic acids is 1. The predicted octanol–water partition coefficient (Wildman–Crippen LogP) is 0.909. The van der Waals surface area contributed by atoms with Crippen LogP contribution in [0.2, 0.25) is 0 Å². The molecule has 3 unspecified atom stereocenters. The van der Waals surface area contributed by atoms with E-state index in [4.69, 9.17) is 0 Å². The lowest BCUT2D eigenvalue weighted by Crippen LogP contribution is -2.45. The highest BCUT2D eigenvalue weighted by Crippen LogP contribution is 2.42. The van der Waals surface area contributed by atoms with Crippen LogP contribution in [-0.4, -0.2) is 55.6 Å². The molecule has 7 heteroatoms. The molecule has 3 rings (SSSR count). The molecule has 1 aromatic rings. The number of carbonyl (C=O) groups is 2. The van der Waals surface area contributed by atoms with Crippen molar-refractivity contribution in [3.8, 4) is 0 Å². The average molecular weight is 292 g/mol. The number of aliphatic carboxylic acids is 1. The second kappa shape index (κ2) is 5.05. The smallest absolute Gasteiger partial charge is 0.320 e. The van der Waals surface area contributed by atoms with Gasteiger partial charge in [-0.05, 0) is 19.3 Å². The maximum Gasteiger partial charge on any atom is 0.320 e. The van der Waals surface area contributed by atoms with Crippen LogP contribution in [0.1, 0.15) is 25.1 Å². The lowest BCUT2D eigenvalue weighted by molar-refractivity contribution is -0.142. The van der Waals surface area contributed by atoms with Crippen LogP contribution in [0.25, 0.3) is 0 Å². The first-order valence-corrected chi connectivity index (χ1v) is 7.21. The van der Waals surface area contributed by atoms with E-state index in [2.05, 4.69) is 4.98 Å². The van der Waals surface area contributed by atoms with E-state index in [1.54, 1.807) is 23.0 Å². The minimum Gasteiger partial charge on any atom is -0.481 e. The van der Waals surface area contributed by atoms with Crippen LogP contribution >= 0.6 is 0 Å². The molecule has 2 amide bonds. The number of hydrogen-bond donors (Lipinski definition) is 1. The molecule has 1 N–H and O–H groups in total. The lowest BCUT2D eigenvalue weighted by Gasteiger charge is -2.28. The zero-order valence-corrected chi connectivity index (χ0v) is 12.3. The Labute approximate surface area is 123 Å². The fourth-order valence-electron chi connectivity index (χ4n) is 3.58. The number of urea groups is 1. The third kappa shape index (κ3) is 2.26. The van der Waals surface area contributed by atoms with E-state index in [-0.39, 0.29) is 18.1 Å². The van der Waals surface area contributed by atoms with Gasteiger partial charge in [0, 0.05) is 38.6 Å². The molecule has 2 fully saturated rings. The molecule has 2 aliphatic rings. The van der Waals surface area contributed by atoms with Gasteiger partial charge in [-0.25, -0.2) is 9.78 Å². The minimum absolute atomic E-state index is 0.0763. The molecule has 0 spiro atoms. The molecule has 3 heterocycles. The zero-order chi connectivity index (χ0) is 15.1. The van der Waals surface area contributed by atoms with Crippen molar-refractivity contribution in [2.75, 3.05) is 7.05 Å². The van der Waals surface area contributed by atoms with Gasteiger partial charge in [-0.15, -0.1) is 0 Å². The van der Waals surface area contributed by atoms with Crippen LogP contribution in [0.15, 0.2) is 12.4 Å². The molecular formula is C14H20N4O3. The summed E-state index contributed by atoms with van der Waals surface area (Å²) in [7, 11) is 3.63. The Balaban J connectivity index is 1.71. The predicted molar refractivity (Wildman–Crippen MR) is 74.5 cm³/mol. The Hall–Kier alpha value is -2.05. The first-order chi connectivity index (χ1) is 9.99. The van der Waals surface area contributed by atoms with Crippen LogP contribution in [0, 0.1) is 5.92 Å². The molecule has 0 aliphatic carbocycles. The summed E-state index contributed by atoms with van der Waals surface area (Å²) in [6, 6.07) is -0.162. The van der Waals surface area contributed by atoms with Crippen LogP contribution in [0.5, 0.6) is 0 Å². The Kier molecular flexibility index (Phi) is 3.35. The number of aromatic nitrogens is 2. The first-order valence-electron chi connectivity index (χ1n) is 7.21. The lowest BCUT2D eigenvalue weighted by atomic mass is 9.89. The fraction of sp³-hybridized carbons (Fsp3) is 0.643. The minimum atomic E-state index is -0.785. The Bertz CT molecular complexity index is 570. The molecule has 21 heavy (non-hydrogen) atoms. The number of aryl methyl sites for hydroxylation is 1. The largest absolute Gasteiger partial charge is 0.481 e. The van der Waals surface area contributed by atoms with Crippen molar-refractivity contribution >= 4 is 12.0 Å². The number of nitrogens with zero attached hydrogens (tertiary/aromatic N) is 4. The summed E-state index contributed by atoms with van der Waals surface area (Å²) >= 11 is 0. The third-order valence-corrected chi connectivity index (χ3v) is 4.70. The molecule has 1 aromatic heterocycles. The Morgan fingerprint density at radius 1 is 1.48 bits per heavy atom. The van der Waals surface area contributed by atoms with Crippen molar-refractivity contribution in [2.45, 2.75) is 37.9 Å². The molecule has 2 aliphatic heterocycles. The highest BCUT2D eigenvalue weighted by molar-refractivity contribution is 5.79. The number of amides is 2. The number of rotatable bonds is 3. The van der Waals surface area contributed by atoms with Gasteiger partial charge in [-0.2, -0.15) is 0 Å². The maximum absolute atomic E-state index is 12.6. The van der Waals surface area contributed by atoms with Gasteiger partial charge in [0.05, 0.1) is 12.5 Å². The van der Waals surface area contributed by atoms with E-state index in [9.17, 15) is 14.7 Å². The molecule has 7 nitrogen and oxygen atoms in total. The fourth-order valence-corrected chi connectivity index (χ4v) is 3.58. The summed E-state index contributed by atoms with van der Waals surface area (Å²) in [5.74, 6) is -0.381. The highest BCUT2D eigenvalue weighted by atomic mass is 16.4. The van der Waals surface area contributed by atoms with Gasteiger partial charge in [0.25, 0.3) is 0 Å². The highest BCUT2D eigenvalue weighted by Gasteiger charge is 2.51. The van der Waals surface area contributed by atoms with Crippen LogP contribution in [0.4, 0.5) is 4.79 Å². The Morgan fingerprint density at radius 2 is 2.24 bits per heavy atom. The van der Waals surface area contributed by atoms with Gasteiger partial charge in [0.1, 0.15) is 5.82 Å². The van der Waals surface area contributed by atoms with Crippen LogP contribution < -0.4 is 0 Å². The van der Waals surface area contributed by atoms with Gasteiger partial charge >= 0.3 is 12.0 Å². The molecule has 0 aromatic carbocycles. The van der Waals surface area contributed by atoms with E-state index in [0.717, 1.165) is 18.7 Å². The normalized spacial score (nSPS) is 27.1. The van der Waals surface area contributed by atoms with Gasteiger partial charge in [0.15, 0.2) is 0 Å². The van der Waals surface area contributed by atoms with Crippen molar-refractivity contribution in [3.05, 3.63) is 18.2 Å². The average Bonchev–Trinajstić information content (AvgIpc) is 3.13. The van der Waals surface area contributed by atoms with Crippen molar-refractivity contribution in [1.82, 2.24) is 19.4 Å². The van der Waals surface area contributed by atoms with E-state index in [1.807, 2.05) is 17.8 Å². The van der Waals surface area contributed by atoms with E-state index in [1.165, 1.54) is 0 Å². The number of carboxylic acid groups (broad SMARTS) is 1. The SMILES string of the molecule is CN(Cc1nccn1C)C(=O)N1C2CCC1C(C(=O)O)C2. The van der Waals surface area contributed by atoms with E-state index in [0.29, 0.717) is 13.0 Å². The molecule has 0 saturated carbocycles.